The van der Waals surface area contributed by atoms with Crippen molar-refractivity contribution < 1.29 is 9.52 Å². The van der Waals surface area contributed by atoms with Gasteiger partial charge in [-0.05, 0) is 42.9 Å². The highest BCUT2D eigenvalue weighted by molar-refractivity contribution is 5.88. The molecule has 0 aromatic heterocycles. The molecule has 28 heavy (non-hydrogen) atoms. The molecule has 0 unspecified atom stereocenters. The Bertz CT molecular complexity index is 1040. The van der Waals surface area contributed by atoms with E-state index < -0.39 is 0 Å². The van der Waals surface area contributed by atoms with E-state index in [1.807, 2.05) is 60.6 Å². The van der Waals surface area contributed by atoms with E-state index >= 15 is 0 Å². The van der Waals surface area contributed by atoms with E-state index in [1.165, 1.54) is 0 Å². The second-order valence-electron chi connectivity index (χ2n) is 9.36. The number of aryl methyl sites for hydroxylation is 1. The van der Waals surface area contributed by atoms with Crippen LogP contribution in [-0.4, -0.2) is 5.11 Å². The van der Waals surface area contributed by atoms with Crippen molar-refractivity contribution in [3.8, 4) is 17.1 Å². The first kappa shape index (κ1) is 22.0. The summed E-state index contributed by atoms with van der Waals surface area (Å²) in [5.74, 6) is 0.862. The maximum atomic E-state index is 12.8. The van der Waals surface area contributed by atoms with Crippen LogP contribution in [-0.2, 0) is 10.8 Å². The summed E-state index contributed by atoms with van der Waals surface area (Å²) >= 11 is 0. The summed E-state index contributed by atoms with van der Waals surface area (Å²) in [6, 6.07) is 6.02. The summed E-state index contributed by atoms with van der Waals surface area (Å²) in [6.07, 6.45) is 0. The van der Waals surface area contributed by atoms with Crippen molar-refractivity contribution in [3.05, 3.63) is 50.7 Å². The highest BCUT2D eigenvalue weighted by Crippen LogP contribution is 2.41. The van der Waals surface area contributed by atoms with E-state index in [1.54, 1.807) is 0 Å². The highest BCUT2D eigenvalue weighted by atomic mass is 16.3. The first-order chi connectivity index (χ1) is 12.8. The average Bonchev–Trinajstić information content (AvgIpc) is 2.60. The number of phenols is 1. The van der Waals surface area contributed by atoms with Crippen molar-refractivity contribution in [2.75, 3.05) is 0 Å². The minimum absolute atomic E-state index is 0.0290. The second kappa shape index (κ2) is 7.27. The summed E-state index contributed by atoms with van der Waals surface area (Å²) in [5.41, 5.74) is 4.19. The first-order valence-corrected chi connectivity index (χ1v) is 10.1. The van der Waals surface area contributed by atoms with E-state index in [0.717, 1.165) is 22.1 Å². The van der Waals surface area contributed by atoms with Gasteiger partial charge in [-0.3, -0.25) is 4.79 Å². The van der Waals surface area contributed by atoms with Crippen molar-refractivity contribution >= 4 is 11.0 Å². The molecule has 1 N–H and O–H groups in total. The van der Waals surface area contributed by atoms with Crippen LogP contribution < -0.4 is 5.43 Å². The zero-order chi connectivity index (χ0) is 21.6. The summed E-state index contributed by atoms with van der Waals surface area (Å²) in [7, 11) is 0. The molecule has 0 atom stereocenters. The Kier molecular flexibility index (Phi) is 5.71. The fourth-order valence-electron chi connectivity index (χ4n) is 3.51. The van der Waals surface area contributed by atoms with Gasteiger partial charge in [0.15, 0.2) is 5.43 Å². The first-order valence-electron chi connectivity index (χ1n) is 10.1. The number of fused-ring (bicyclic) bond motifs is 2. The highest BCUT2D eigenvalue weighted by Gasteiger charge is 2.26. The lowest BCUT2D eigenvalue weighted by molar-refractivity contribution is 0.442. The van der Waals surface area contributed by atoms with Gasteiger partial charge < -0.3 is 9.52 Å². The number of benzene rings is 2. The molecule has 1 aliphatic carbocycles. The van der Waals surface area contributed by atoms with Gasteiger partial charge in [-0.25, -0.2) is 0 Å². The van der Waals surface area contributed by atoms with Gasteiger partial charge in [0.25, 0.3) is 0 Å². The summed E-state index contributed by atoms with van der Waals surface area (Å²) in [5, 5.41) is 11.6. The van der Waals surface area contributed by atoms with Crippen molar-refractivity contribution in [1.82, 2.24) is 0 Å². The largest absolute Gasteiger partial charge is 0.507 e. The molecule has 3 nitrogen and oxygen atoms in total. The van der Waals surface area contributed by atoms with Crippen molar-refractivity contribution in [1.29, 1.82) is 0 Å². The molecule has 0 spiro atoms. The molecule has 2 aliphatic rings. The molecule has 0 bridgehead atoms. The summed E-state index contributed by atoms with van der Waals surface area (Å²) in [4.78, 5) is 12.8. The zero-order valence-corrected chi connectivity index (χ0v) is 19.0. The molecule has 1 aliphatic heterocycles. The lowest BCUT2D eigenvalue weighted by Crippen LogP contribution is -2.24. The second-order valence-corrected chi connectivity index (χ2v) is 9.36. The third-order valence-corrected chi connectivity index (χ3v) is 5.13. The van der Waals surface area contributed by atoms with Crippen LogP contribution in [0.4, 0.5) is 0 Å². The standard InChI is InChI=1S/C23H28O3.C2H6/c1-12-18(24)16(22(3,4)5)10-14-9-15-11-17(23(6,7)8)19(25)13(2)21(15)26-20(12)14;1-2/h9-11,24H,1-8H3;1-2H3. The van der Waals surface area contributed by atoms with Crippen LogP contribution in [0.3, 0.4) is 0 Å². The van der Waals surface area contributed by atoms with Crippen molar-refractivity contribution in [2.24, 2.45) is 0 Å². The molecular weight excluding hydrogens is 348 g/mol. The van der Waals surface area contributed by atoms with E-state index in [4.69, 9.17) is 4.42 Å². The quantitative estimate of drug-likeness (QED) is 0.433. The molecule has 0 saturated carbocycles. The Morgan fingerprint density at radius 2 is 1.36 bits per heavy atom. The Balaban J connectivity index is 0.00000136. The molecule has 0 amide bonds. The number of hydrogen-bond acceptors (Lipinski definition) is 3. The number of aromatic hydroxyl groups is 1. The fraction of sp³-hybridized carbons (Fsp3) is 0.480. The van der Waals surface area contributed by atoms with Gasteiger partial charge in [0, 0.05) is 33.2 Å². The normalized spacial score (nSPS) is 12.2. The monoisotopic (exact) mass is 382 g/mol. The SMILES string of the molecule is CC.Cc1c2oc3c(C)c(O)c(C(C)(C)C)cc3cc-2cc(C(C)(C)C)c1=O. The zero-order valence-electron chi connectivity index (χ0n) is 19.0. The van der Waals surface area contributed by atoms with Crippen molar-refractivity contribution in [3.63, 3.8) is 0 Å². The average molecular weight is 383 g/mol. The van der Waals surface area contributed by atoms with Gasteiger partial charge in [0.05, 0.1) is 0 Å². The van der Waals surface area contributed by atoms with Crippen LogP contribution in [0.5, 0.6) is 5.75 Å². The van der Waals surface area contributed by atoms with E-state index in [9.17, 15) is 9.90 Å². The maximum Gasteiger partial charge on any atom is 0.189 e. The van der Waals surface area contributed by atoms with Gasteiger partial charge in [0.1, 0.15) is 17.1 Å². The third-order valence-electron chi connectivity index (χ3n) is 5.13. The Morgan fingerprint density at radius 3 is 1.86 bits per heavy atom. The molecule has 1 aromatic rings. The van der Waals surface area contributed by atoms with Crippen molar-refractivity contribution in [2.45, 2.75) is 80.1 Å². The Hall–Kier alpha value is -2.29. The predicted octanol–water partition coefficient (Wildman–Crippen LogP) is 6.84. The maximum absolute atomic E-state index is 12.8. The lowest BCUT2D eigenvalue weighted by Gasteiger charge is -2.24. The lowest BCUT2D eigenvalue weighted by atomic mass is 9.82. The molecule has 0 saturated heterocycles. The molecule has 1 heterocycles. The minimum atomic E-state index is -0.230. The van der Waals surface area contributed by atoms with Gasteiger partial charge in [-0.15, -0.1) is 0 Å². The molecule has 0 radical (unpaired) electrons. The molecule has 3 heteroatoms. The van der Waals surface area contributed by atoms with Gasteiger partial charge in [-0.1, -0.05) is 55.4 Å². The van der Waals surface area contributed by atoms with Crippen LogP contribution in [0.25, 0.3) is 22.3 Å². The predicted molar refractivity (Wildman–Crippen MR) is 119 cm³/mol. The minimum Gasteiger partial charge on any atom is -0.507 e. The van der Waals surface area contributed by atoms with Gasteiger partial charge >= 0.3 is 0 Å². The van der Waals surface area contributed by atoms with Gasteiger partial charge in [-0.2, -0.15) is 0 Å². The Morgan fingerprint density at radius 1 is 0.821 bits per heavy atom. The summed E-state index contributed by atoms with van der Waals surface area (Å²) in [6.45, 7) is 20.1. The smallest absolute Gasteiger partial charge is 0.189 e. The molecular formula is C25H34O3. The number of hydrogen-bond donors (Lipinski definition) is 1. The van der Waals surface area contributed by atoms with Gasteiger partial charge in [0.2, 0.25) is 0 Å². The molecule has 3 rings (SSSR count). The van der Waals surface area contributed by atoms with Crippen LogP contribution in [0, 0.1) is 13.8 Å². The fourth-order valence-corrected chi connectivity index (χ4v) is 3.51. The molecule has 0 fully saturated rings. The van der Waals surface area contributed by atoms with E-state index in [-0.39, 0.29) is 22.0 Å². The topological polar surface area (TPSA) is 50.4 Å². The Labute approximate surface area is 168 Å². The van der Waals surface area contributed by atoms with E-state index in [2.05, 4.69) is 26.8 Å². The number of rotatable bonds is 0. The van der Waals surface area contributed by atoms with E-state index in [0.29, 0.717) is 22.5 Å². The third kappa shape index (κ3) is 3.67. The van der Waals surface area contributed by atoms with Crippen LogP contribution >= 0.6 is 0 Å². The van der Waals surface area contributed by atoms with Crippen LogP contribution in [0.1, 0.15) is 77.6 Å². The number of phenolic OH excluding ortho intramolecular Hbond substituents is 1. The summed E-state index contributed by atoms with van der Waals surface area (Å²) < 4.78 is 6.14. The molecule has 1 aromatic carbocycles. The molecule has 152 valence electrons. The van der Waals surface area contributed by atoms with Crippen LogP contribution in [0.15, 0.2) is 27.4 Å². The van der Waals surface area contributed by atoms with Crippen LogP contribution in [0.2, 0.25) is 0 Å².